The lowest BCUT2D eigenvalue weighted by molar-refractivity contribution is 0.670. The van der Waals surface area contributed by atoms with Crippen LogP contribution in [0.1, 0.15) is 48.6 Å². The largest absolute Gasteiger partial charge is 0.455 e. The van der Waals surface area contributed by atoms with Crippen molar-refractivity contribution in [3.63, 3.8) is 0 Å². The Balaban J connectivity index is 0.943. The van der Waals surface area contributed by atoms with Gasteiger partial charge in [0.15, 0.2) is 0 Å². The highest BCUT2D eigenvalue weighted by atomic mass is 16.3. The van der Waals surface area contributed by atoms with Gasteiger partial charge in [0.25, 0.3) is 0 Å². The number of nitrogens with zero attached hydrogens (tertiary/aromatic N) is 3. The molecule has 1 aliphatic carbocycles. The Morgan fingerprint density at radius 3 is 2.06 bits per heavy atom. The molecule has 12 rings (SSSR count). The molecular weight excluding hydrogens is 767 g/mol. The summed E-state index contributed by atoms with van der Waals surface area (Å²) in [6.45, 7) is 8.62. The maximum Gasteiger partial charge on any atom is 0.143 e. The molecule has 0 saturated heterocycles. The summed E-state index contributed by atoms with van der Waals surface area (Å²) >= 11 is 0. The van der Waals surface area contributed by atoms with E-state index >= 15 is 0 Å². The number of fused-ring (bicyclic) bond motifs is 9. The van der Waals surface area contributed by atoms with Gasteiger partial charge in [-0.3, -0.25) is 4.99 Å². The molecule has 3 aromatic heterocycles. The third kappa shape index (κ3) is 6.01. The van der Waals surface area contributed by atoms with Crippen LogP contribution in [-0.4, -0.2) is 14.8 Å². The zero-order chi connectivity index (χ0) is 42.2. The third-order valence-corrected chi connectivity index (χ3v) is 13.0. The quantitative estimate of drug-likeness (QED) is 0.148. The van der Waals surface area contributed by atoms with Gasteiger partial charge in [-0.2, -0.15) is 0 Å². The first-order valence-corrected chi connectivity index (χ1v) is 21.8. The minimum atomic E-state index is 0.434. The maximum absolute atomic E-state index is 6.71. The van der Waals surface area contributed by atoms with E-state index in [2.05, 4.69) is 186 Å². The highest BCUT2D eigenvalue weighted by Gasteiger charge is 2.24. The van der Waals surface area contributed by atoms with E-state index in [-0.39, 0.29) is 0 Å². The van der Waals surface area contributed by atoms with Gasteiger partial charge in [0.05, 0.1) is 22.2 Å². The molecule has 11 aromatic rings. The summed E-state index contributed by atoms with van der Waals surface area (Å²) in [5, 5.41) is 5.92. The van der Waals surface area contributed by atoms with Gasteiger partial charge in [0, 0.05) is 66.8 Å². The average Bonchev–Trinajstić information content (AvgIpc) is 3.99. The van der Waals surface area contributed by atoms with Crippen molar-refractivity contribution >= 4 is 72.1 Å². The standard InChI is InChI=1S/C59H43N3O/c1-37-15-12-24-49-52-35-43(28-31-56(52)62(58(37)49)45-20-8-5-9-21-45)42-27-30-55-51(34-42)48-22-10-11-26-54(48)61(55)46-29-32-57-53(36-46)50-25-14-23-47(59(50)63-57)44-19-13-18-41(33-44)39(3)60-38(2)40-16-6-4-7-17-40/h4-14,16-37H,2,15H2,1,3H3. The molecule has 4 heteroatoms. The summed E-state index contributed by atoms with van der Waals surface area (Å²) in [6.07, 6.45) is 5.71. The predicted molar refractivity (Wildman–Crippen MR) is 266 cm³/mol. The van der Waals surface area contributed by atoms with Crippen LogP contribution in [0.3, 0.4) is 0 Å². The Bertz CT molecular complexity index is 3690. The maximum atomic E-state index is 6.71. The molecule has 3 heterocycles. The van der Waals surface area contributed by atoms with Gasteiger partial charge in [-0.05, 0) is 108 Å². The molecule has 0 spiro atoms. The Kier molecular flexibility index (Phi) is 8.55. The van der Waals surface area contributed by atoms with Gasteiger partial charge in [0.2, 0.25) is 0 Å². The molecule has 1 aliphatic rings. The first-order valence-electron chi connectivity index (χ1n) is 21.8. The smallest absolute Gasteiger partial charge is 0.143 e. The van der Waals surface area contributed by atoms with Crippen LogP contribution >= 0.6 is 0 Å². The normalized spacial score (nSPS) is 14.1. The summed E-state index contributed by atoms with van der Waals surface area (Å²) in [5.41, 5.74) is 18.6. The molecule has 0 bridgehead atoms. The molecule has 1 atom stereocenters. The zero-order valence-corrected chi connectivity index (χ0v) is 35.2. The van der Waals surface area contributed by atoms with E-state index in [9.17, 15) is 0 Å². The number of rotatable bonds is 7. The van der Waals surface area contributed by atoms with Crippen molar-refractivity contribution in [1.82, 2.24) is 9.13 Å². The number of aliphatic imine (C=N–C) groups is 1. The summed E-state index contributed by atoms with van der Waals surface area (Å²) in [6, 6.07) is 65.2. The van der Waals surface area contributed by atoms with E-state index in [1.807, 2.05) is 37.3 Å². The van der Waals surface area contributed by atoms with E-state index in [1.54, 1.807) is 0 Å². The average molecular weight is 810 g/mol. The summed E-state index contributed by atoms with van der Waals surface area (Å²) < 4.78 is 11.6. The summed E-state index contributed by atoms with van der Waals surface area (Å²) in [5.74, 6) is 0.434. The van der Waals surface area contributed by atoms with Crippen LogP contribution in [0.15, 0.2) is 204 Å². The summed E-state index contributed by atoms with van der Waals surface area (Å²) in [4.78, 5) is 4.88. The van der Waals surface area contributed by atoms with Crippen LogP contribution in [0.2, 0.25) is 0 Å². The predicted octanol–water partition coefficient (Wildman–Crippen LogP) is 16.0. The molecule has 0 N–H and O–H groups in total. The van der Waals surface area contributed by atoms with E-state index in [4.69, 9.17) is 9.41 Å². The second-order valence-electron chi connectivity index (χ2n) is 16.9. The minimum absolute atomic E-state index is 0.434. The fourth-order valence-electron chi connectivity index (χ4n) is 9.99. The van der Waals surface area contributed by atoms with Crippen LogP contribution in [0.4, 0.5) is 0 Å². The molecule has 0 fully saturated rings. The molecule has 4 nitrogen and oxygen atoms in total. The Labute approximate surface area is 366 Å². The first kappa shape index (κ1) is 36.9. The van der Waals surface area contributed by atoms with Gasteiger partial charge < -0.3 is 13.6 Å². The molecule has 0 amide bonds. The number of para-hydroxylation sites is 3. The van der Waals surface area contributed by atoms with Crippen LogP contribution < -0.4 is 0 Å². The highest BCUT2D eigenvalue weighted by molar-refractivity contribution is 6.13. The molecule has 0 aliphatic heterocycles. The Morgan fingerprint density at radius 1 is 0.556 bits per heavy atom. The van der Waals surface area contributed by atoms with Crippen molar-refractivity contribution in [3.8, 4) is 33.6 Å². The van der Waals surface area contributed by atoms with Crippen LogP contribution in [0.25, 0.3) is 100 Å². The van der Waals surface area contributed by atoms with Crippen LogP contribution in [0, 0.1) is 0 Å². The summed E-state index contributed by atoms with van der Waals surface area (Å²) in [7, 11) is 0. The number of aromatic nitrogens is 2. The van der Waals surface area contributed by atoms with Crippen LogP contribution in [0.5, 0.6) is 0 Å². The van der Waals surface area contributed by atoms with Crippen LogP contribution in [-0.2, 0) is 0 Å². The number of allylic oxidation sites excluding steroid dienone is 1. The molecule has 63 heavy (non-hydrogen) atoms. The van der Waals surface area contributed by atoms with Gasteiger partial charge >= 0.3 is 0 Å². The van der Waals surface area contributed by atoms with Gasteiger partial charge in [-0.15, -0.1) is 0 Å². The molecule has 8 aromatic carbocycles. The molecule has 0 radical (unpaired) electrons. The van der Waals surface area contributed by atoms with Gasteiger partial charge in [0.1, 0.15) is 11.2 Å². The third-order valence-electron chi connectivity index (χ3n) is 13.0. The molecule has 0 saturated carbocycles. The monoisotopic (exact) mass is 809 g/mol. The lowest BCUT2D eigenvalue weighted by Crippen LogP contribution is -2.06. The fourth-order valence-corrected chi connectivity index (χ4v) is 9.99. The number of hydrogen-bond donors (Lipinski definition) is 0. The Morgan fingerprint density at radius 2 is 1.24 bits per heavy atom. The van der Waals surface area contributed by atoms with Crippen molar-refractivity contribution in [1.29, 1.82) is 0 Å². The molecule has 300 valence electrons. The van der Waals surface area contributed by atoms with Crippen molar-refractivity contribution in [3.05, 3.63) is 217 Å². The van der Waals surface area contributed by atoms with E-state index < -0.39 is 0 Å². The minimum Gasteiger partial charge on any atom is -0.455 e. The number of hydrogen-bond acceptors (Lipinski definition) is 2. The zero-order valence-electron chi connectivity index (χ0n) is 35.2. The topological polar surface area (TPSA) is 35.4 Å². The van der Waals surface area contributed by atoms with Crippen molar-refractivity contribution in [2.75, 3.05) is 0 Å². The molecule has 1 unspecified atom stereocenters. The Hall–Kier alpha value is -7.95. The van der Waals surface area contributed by atoms with Crippen molar-refractivity contribution in [2.24, 2.45) is 4.99 Å². The highest BCUT2D eigenvalue weighted by Crippen LogP contribution is 2.43. The number of benzene rings is 8. The number of furan rings is 1. The van der Waals surface area contributed by atoms with Gasteiger partial charge in [-0.25, -0.2) is 0 Å². The second-order valence-corrected chi connectivity index (χ2v) is 16.9. The van der Waals surface area contributed by atoms with E-state index in [1.165, 1.54) is 60.8 Å². The lowest BCUT2D eigenvalue weighted by Gasteiger charge is -2.19. The van der Waals surface area contributed by atoms with Crippen molar-refractivity contribution in [2.45, 2.75) is 26.2 Å². The van der Waals surface area contributed by atoms with E-state index in [0.717, 1.165) is 67.7 Å². The SMILES string of the molecule is C=C(N=C(C)c1cccc(-c2cccc3c2oc2ccc(-n4c5ccccc5c5cc(-c6ccc7c(c6)c6c(n7-c7ccccc7)C(C)CC=C6)ccc54)cc23)c1)c1ccccc1. The second kappa shape index (κ2) is 14.6. The van der Waals surface area contributed by atoms with Gasteiger partial charge in [-0.1, -0.05) is 141 Å². The van der Waals surface area contributed by atoms with E-state index in [0.29, 0.717) is 5.92 Å². The van der Waals surface area contributed by atoms with Crippen molar-refractivity contribution < 1.29 is 4.42 Å². The first-order chi connectivity index (χ1) is 31.0. The molecular formula is C59H43N3O. The lowest BCUT2D eigenvalue weighted by atomic mass is 9.92. The fraction of sp³-hybridized carbons (Fsp3) is 0.0678.